The van der Waals surface area contributed by atoms with Gasteiger partial charge >= 0.3 is 0 Å². The van der Waals surface area contributed by atoms with Crippen molar-refractivity contribution in [2.75, 3.05) is 6.61 Å². The van der Waals surface area contributed by atoms with Crippen LogP contribution in [0.4, 0.5) is 4.39 Å². The average molecular weight is 531 g/mol. The highest BCUT2D eigenvalue weighted by molar-refractivity contribution is 6.32. The van der Waals surface area contributed by atoms with E-state index in [2.05, 4.69) is 10.5 Å². The van der Waals surface area contributed by atoms with Gasteiger partial charge in [-0.05, 0) is 61.0 Å². The summed E-state index contributed by atoms with van der Waals surface area (Å²) in [6, 6.07) is 22.5. The van der Waals surface area contributed by atoms with Gasteiger partial charge in [0.05, 0.1) is 23.0 Å². The standard InChI is InChI=1S/C29H24ClFN4O3/c1-2-14-37-26-13-10-20(15-24(26)30)28-21(18-35(33-28)23-6-4-3-5-7-23)17-32-29(36)25-16-27(38-34-25)19-8-11-22(31)12-9-19/h3-13,15-16,18H,2,14,17H2,1H3,(H,32,36). The Morgan fingerprint density at radius 1 is 1.05 bits per heavy atom. The molecule has 0 aliphatic heterocycles. The summed E-state index contributed by atoms with van der Waals surface area (Å²) in [6.45, 7) is 2.79. The van der Waals surface area contributed by atoms with Crippen LogP contribution in [0.5, 0.6) is 5.75 Å². The van der Waals surface area contributed by atoms with Crippen molar-refractivity contribution in [3.63, 3.8) is 0 Å². The topological polar surface area (TPSA) is 82.2 Å². The monoisotopic (exact) mass is 530 g/mol. The van der Waals surface area contributed by atoms with Crippen LogP contribution >= 0.6 is 11.6 Å². The first-order chi connectivity index (χ1) is 18.5. The molecule has 9 heteroatoms. The molecule has 0 bridgehead atoms. The number of benzene rings is 3. The van der Waals surface area contributed by atoms with Crippen LogP contribution in [-0.2, 0) is 6.54 Å². The van der Waals surface area contributed by atoms with Crippen molar-refractivity contribution in [3.05, 3.63) is 107 Å². The first-order valence-electron chi connectivity index (χ1n) is 12.1. The molecule has 1 N–H and O–H groups in total. The maximum absolute atomic E-state index is 13.2. The summed E-state index contributed by atoms with van der Waals surface area (Å²) < 4.78 is 26.0. The lowest BCUT2D eigenvalue weighted by atomic mass is 10.1. The SMILES string of the molecule is CCCOc1ccc(-c2nn(-c3ccccc3)cc2CNC(=O)c2cc(-c3ccc(F)cc3)on2)cc1Cl. The van der Waals surface area contributed by atoms with Crippen LogP contribution in [0.2, 0.25) is 5.02 Å². The molecule has 0 aliphatic rings. The molecule has 0 unspecified atom stereocenters. The molecule has 0 saturated carbocycles. The number of carbonyl (C=O) groups excluding carboxylic acids is 1. The van der Waals surface area contributed by atoms with Gasteiger partial charge in [0.25, 0.3) is 5.91 Å². The number of hydrogen-bond donors (Lipinski definition) is 1. The quantitative estimate of drug-likeness (QED) is 0.229. The number of amides is 1. The van der Waals surface area contributed by atoms with Gasteiger partial charge < -0.3 is 14.6 Å². The van der Waals surface area contributed by atoms with Crippen LogP contribution in [0.1, 0.15) is 29.4 Å². The van der Waals surface area contributed by atoms with Gasteiger partial charge in [0, 0.05) is 35.5 Å². The Hall–Kier alpha value is -4.43. The highest BCUT2D eigenvalue weighted by atomic mass is 35.5. The van der Waals surface area contributed by atoms with Gasteiger partial charge in [0.1, 0.15) is 11.6 Å². The smallest absolute Gasteiger partial charge is 0.273 e. The second kappa shape index (κ2) is 11.3. The first-order valence-corrected chi connectivity index (χ1v) is 12.5. The number of hydrogen-bond acceptors (Lipinski definition) is 5. The maximum atomic E-state index is 13.2. The number of nitrogens with zero attached hydrogens (tertiary/aromatic N) is 3. The second-order valence-corrected chi connectivity index (χ2v) is 8.95. The minimum Gasteiger partial charge on any atom is -0.492 e. The number of ether oxygens (including phenoxy) is 1. The summed E-state index contributed by atoms with van der Waals surface area (Å²) in [4.78, 5) is 12.9. The van der Waals surface area contributed by atoms with Gasteiger partial charge in [-0.15, -0.1) is 0 Å². The minimum atomic E-state index is -0.415. The molecule has 1 amide bonds. The Morgan fingerprint density at radius 3 is 2.55 bits per heavy atom. The maximum Gasteiger partial charge on any atom is 0.273 e. The molecule has 0 saturated heterocycles. The second-order valence-electron chi connectivity index (χ2n) is 8.54. The van der Waals surface area contributed by atoms with Crippen molar-refractivity contribution in [2.45, 2.75) is 19.9 Å². The van der Waals surface area contributed by atoms with Crippen LogP contribution in [0.25, 0.3) is 28.3 Å². The number of nitrogens with one attached hydrogen (secondary N) is 1. The van der Waals surface area contributed by atoms with Crippen LogP contribution in [0.15, 0.2) is 89.6 Å². The third-order valence-corrected chi connectivity index (χ3v) is 6.08. The zero-order valence-electron chi connectivity index (χ0n) is 20.5. The number of carbonyl (C=O) groups is 1. The zero-order chi connectivity index (χ0) is 26.5. The number of rotatable bonds is 9. The van der Waals surface area contributed by atoms with E-state index in [0.29, 0.717) is 34.4 Å². The molecule has 0 aliphatic carbocycles. The van der Waals surface area contributed by atoms with E-state index in [1.165, 1.54) is 18.2 Å². The molecule has 5 aromatic rings. The van der Waals surface area contributed by atoms with E-state index in [4.69, 9.17) is 26.0 Å². The summed E-state index contributed by atoms with van der Waals surface area (Å²) in [6.07, 6.45) is 2.74. The normalized spacial score (nSPS) is 10.9. The molecule has 3 aromatic carbocycles. The Bertz CT molecular complexity index is 1550. The molecule has 38 heavy (non-hydrogen) atoms. The molecule has 0 atom stereocenters. The first kappa shape index (κ1) is 25.2. The Morgan fingerprint density at radius 2 is 1.82 bits per heavy atom. The van der Waals surface area contributed by atoms with Crippen LogP contribution in [0, 0.1) is 5.82 Å². The van der Waals surface area contributed by atoms with Crippen molar-refractivity contribution in [2.24, 2.45) is 0 Å². The van der Waals surface area contributed by atoms with Gasteiger partial charge in [0.2, 0.25) is 0 Å². The van der Waals surface area contributed by atoms with Gasteiger partial charge in [0.15, 0.2) is 11.5 Å². The Kier molecular flexibility index (Phi) is 7.51. The lowest BCUT2D eigenvalue weighted by Crippen LogP contribution is -2.23. The molecule has 2 heterocycles. The van der Waals surface area contributed by atoms with Crippen molar-refractivity contribution in [1.29, 1.82) is 0 Å². The van der Waals surface area contributed by atoms with Crippen molar-refractivity contribution >= 4 is 17.5 Å². The molecular formula is C29H24ClFN4O3. The largest absolute Gasteiger partial charge is 0.492 e. The zero-order valence-corrected chi connectivity index (χ0v) is 21.3. The highest BCUT2D eigenvalue weighted by Gasteiger charge is 2.18. The van der Waals surface area contributed by atoms with E-state index in [0.717, 1.165) is 23.2 Å². The molecule has 0 fully saturated rings. The fraction of sp³-hybridized carbons (Fsp3) is 0.138. The van der Waals surface area contributed by atoms with E-state index in [1.807, 2.05) is 61.7 Å². The molecule has 0 radical (unpaired) electrons. The van der Waals surface area contributed by atoms with Crippen LogP contribution in [0.3, 0.4) is 0 Å². The van der Waals surface area contributed by atoms with E-state index in [-0.39, 0.29) is 18.1 Å². The lowest BCUT2D eigenvalue weighted by Gasteiger charge is -2.09. The average Bonchev–Trinajstić information content (AvgIpc) is 3.60. The summed E-state index contributed by atoms with van der Waals surface area (Å²) in [5, 5.41) is 12.0. The van der Waals surface area contributed by atoms with E-state index in [1.54, 1.807) is 16.8 Å². The molecular weight excluding hydrogens is 507 g/mol. The van der Waals surface area contributed by atoms with Crippen LogP contribution in [-0.4, -0.2) is 27.5 Å². The third kappa shape index (κ3) is 5.60. The lowest BCUT2D eigenvalue weighted by molar-refractivity contribution is 0.0942. The predicted octanol–water partition coefficient (Wildman–Crippen LogP) is 6.71. The summed E-state index contributed by atoms with van der Waals surface area (Å²) >= 11 is 6.49. The van der Waals surface area contributed by atoms with Crippen molar-refractivity contribution in [3.8, 4) is 34.0 Å². The fourth-order valence-corrected chi connectivity index (χ4v) is 4.11. The van der Waals surface area contributed by atoms with Crippen molar-refractivity contribution in [1.82, 2.24) is 20.3 Å². The Labute approximate surface area is 223 Å². The summed E-state index contributed by atoms with van der Waals surface area (Å²) in [7, 11) is 0. The molecule has 192 valence electrons. The minimum absolute atomic E-state index is 0.113. The van der Waals surface area contributed by atoms with Gasteiger partial charge in [-0.3, -0.25) is 4.79 Å². The molecule has 7 nitrogen and oxygen atoms in total. The van der Waals surface area contributed by atoms with E-state index >= 15 is 0 Å². The van der Waals surface area contributed by atoms with Gasteiger partial charge in [-0.1, -0.05) is 41.9 Å². The molecule has 2 aromatic heterocycles. The van der Waals surface area contributed by atoms with Crippen molar-refractivity contribution < 1.29 is 18.4 Å². The molecule has 0 spiro atoms. The third-order valence-electron chi connectivity index (χ3n) is 5.79. The number of halogens is 2. The van der Waals surface area contributed by atoms with Crippen LogP contribution < -0.4 is 10.1 Å². The van der Waals surface area contributed by atoms with E-state index < -0.39 is 5.91 Å². The van der Waals surface area contributed by atoms with E-state index in [9.17, 15) is 9.18 Å². The molecule has 5 rings (SSSR count). The summed E-state index contributed by atoms with van der Waals surface area (Å²) in [5.74, 6) is 0.203. The number of aromatic nitrogens is 3. The Balaban J connectivity index is 1.39. The predicted molar refractivity (Wildman–Crippen MR) is 143 cm³/mol. The number of para-hydroxylation sites is 1. The fourth-order valence-electron chi connectivity index (χ4n) is 3.87. The summed E-state index contributed by atoms with van der Waals surface area (Å²) in [5.41, 5.74) is 3.85. The highest BCUT2D eigenvalue weighted by Crippen LogP contribution is 2.32. The van der Waals surface area contributed by atoms with Gasteiger partial charge in [-0.2, -0.15) is 5.10 Å². The van der Waals surface area contributed by atoms with Gasteiger partial charge in [-0.25, -0.2) is 9.07 Å².